The monoisotopic (exact) mass is 496 g/mol. The molecule has 0 radical (unpaired) electrons. The topological polar surface area (TPSA) is 122 Å². The van der Waals surface area contributed by atoms with Crippen molar-refractivity contribution < 1.29 is 37.4 Å². The third kappa shape index (κ3) is 5.56. The van der Waals surface area contributed by atoms with E-state index >= 15 is 0 Å². The van der Waals surface area contributed by atoms with Gasteiger partial charge in [0, 0.05) is 31.5 Å². The first-order valence-corrected chi connectivity index (χ1v) is 10.7. The van der Waals surface area contributed by atoms with Crippen LogP contribution in [-0.2, 0) is 28.6 Å². The molecule has 35 heavy (non-hydrogen) atoms. The SMILES string of the molecule is CC(=O)O[C@@H](C(=O)OC(C)(C)C)[C@@]1(C)OCCN(c2ccn(-c3ccc(=O)n(C(F)F)c3)n2)C1=O. The molecule has 1 aliphatic rings. The van der Waals surface area contributed by atoms with Gasteiger partial charge in [-0.15, -0.1) is 5.10 Å². The van der Waals surface area contributed by atoms with Crippen LogP contribution in [0.25, 0.3) is 5.69 Å². The Labute approximate surface area is 199 Å². The quantitative estimate of drug-likeness (QED) is 0.555. The molecule has 11 nitrogen and oxygen atoms in total. The van der Waals surface area contributed by atoms with Crippen LogP contribution in [0.3, 0.4) is 0 Å². The molecule has 190 valence electrons. The zero-order valence-corrected chi connectivity index (χ0v) is 19.9. The number of morpholine rings is 1. The highest BCUT2D eigenvalue weighted by atomic mass is 19.3. The van der Waals surface area contributed by atoms with E-state index in [9.17, 15) is 28.0 Å². The predicted molar refractivity (Wildman–Crippen MR) is 117 cm³/mol. The molecule has 3 heterocycles. The lowest BCUT2D eigenvalue weighted by molar-refractivity contribution is -0.201. The van der Waals surface area contributed by atoms with Crippen molar-refractivity contribution in [2.75, 3.05) is 18.1 Å². The molecular formula is C22H26F2N4O7. The fourth-order valence-electron chi connectivity index (χ4n) is 3.48. The Balaban J connectivity index is 1.93. The highest BCUT2D eigenvalue weighted by molar-refractivity contribution is 6.03. The molecule has 0 saturated carbocycles. The first kappa shape index (κ1) is 26.0. The summed E-state index contributed by atoms with van der Waals surface area (Å²) in [6.45, 7) is 4.27. The molecule has 3 rings (SSSR count). The second kappa shape index (κ2) is 9.56. The molecule has 0 aliphatic carbocycles. The van der Waals surface area contributed by atoms with Crippen molar-refractivity contribution in [1.29, 1.82) is 0 Å². The van der Waals surface area contributed by atoms with Crippen molar-refractivity contribution in [1.82, 2.24) is 14.3 Å². The second-order valence-corrected chi connectivity index (χ2v) is 8.96. The molecule has 0 bridgehead atoms. The van der Waals surface area contributed by atoms with Gasteiger partial charge in [-0.05, 0) is 33.8 Å². The fourth-order valence-corrected chi connectivity index (χ4v) is 3.48. The van der Waals surface area contributed by atoms with Gasteiger partial charge in [0.1, 0.15) is 5.60 Å². The molecule has 0 unspecified atom stereocenters. The Morgan fingerprint density at radius 2 is 1.89 bits per heavy atom. The van der Waals surface area contributed by atoms with Crippen LogP contribution < -0.4 is 10.5 Å². The van der Waals surface area contributed by atoms with Crippen LogP contribution in [0, 0.1) is 0 Å². The lowest BCUT2D eigenvalue weighted by Gasteiger charge is -2.41. The summed E-state index contributed by atoms with van der Waals surface area (Å²) in [6, 6.07) is 3.74. The number of aromatic nitrogens is 3. The van der Waals surface area contributed by atoms with Gasteiger partial charge in [0.2, 0.25) is 6.10 Å². The van der Waals surface area contributed by atoms with E-state index in [0.717, 1.165) is 19.2 Å². The molecule has 1 fully saturated rings. The average Bonchev–Trinajstić information content (AvgIpc) is 3.22. The minimum atomic E-state index is -3.04. The van der Waals surface area contributed by atoms with Crippen LogP contribution in [-0.4, -0.2) is 62.7 Å². The van der Waals surface area contributed by atoms with E-state index in [2.05, 4.69) is 5.10 Å². The van der Waals surface area contributed by atoms with E-state index in [0.29, 0.717) is 0 Å². The molecule has 1 saturated heterocycles. The molecule has 2 atom stereocenters. The molecule has 2 aromatic heterocycles. The normalized spacial score (nSPS) is 19.5. The molecule has 0 N–H and O–H groups in total. The highest BCUT2D eigenvalue weighted by Gasteiger charge is 2.54. The van der Waals surface area contributed by atoms with Crippen LogP contribution in [0.5, 0.6) is 0 Å². The number of carbonyl (C=O) groups is 3. The Hall–Kier alpha value is -3.61. The van der Waals surface area contributed by atoms with Crippen molar-refractivity contribution in [2.45, 2.75) is 58.5 Å². The van der Waals surface area contributed by atoms with Gasteiger partial charge in [-0.3, -0.25) is 23.9 Å². The Bertz CT molecular complexity index is 1190. The largest absolute Gasteiger partial charge is 0.457 e. The number of nitrogens with zero attached hydrogens (tertiary/aromatic N) is 4. The summed E-state index contributed by atoms with van der Waals surface area (Å²) in [4.78, 5) is 50.9. The number of rotatable bonds is 6. The van der Waals surface area contributed by atoms with E-state index in [1.807, 2.05) is 0 Å². The molecule has 0 spiro atoms. The summed E-state index contributed by atoms with van der Waals surface area (Å²) in [5.41, 5.74) is -3.56. The summed E-state index contributed by atoms with van der Waals surface area (Å²) < 4.78 is 43.8. The van der Waals surface area contributed by atoms with E-state index in [4.69, 9.17) is 14.2 Å². The number of alkyl halides is 2. The highest BCUT2D eigenvalue weighted by Crippen LogP contribution is 2.30. The van der Waals surface area contributed by atoms with E-state index in [1.54, 1.807) is 20.8 Å². The lowest BCUT2D eigenvalue weighted by atomic mass is 9.94. The minimum absolute atomic E-state index is 0.0219. The molecular weight excluding hydrogens is 470 g/mol. The number of hydrogen-bond donors (Lipinski definition) is 0. The number of esters is 2. The van der Waals surface area contributed by atoms with Gasteiger partial charge in [0.15, 0.2) is 11.4 Å². The number of ether oxygens (including phenoxy) is 3. The van der Waals surface area contributed by atoms with E-state index < -0.39 is 47.3 Å². The minimum Gasteiger partial charge on any atom is -0.457 e. The summed E-state index contributed by atoms with van der Waals surface area (Å²) in [5, 5.41) is 4.26. The van der Waals surface area contributed by atoms with Crippen molar-refractivity contribution in [3.63, 3.8) is 0 Å². The summed E-state index contributed by atoms with van der Waals surface area (Å²) in [5.74, 6) is -2.35. The Morgan fingerprint density at radius 1 is 1.20 bits per heavy atom. The molecule has 1 amide bonds. The van der Waals surface area contributed by atoms with Crippen molar-refractivity contribution in [3.05, 3.63) is 40.9 Å². The van der Waals surface area contributed by atoms with Crippen LogP contribution in [0.15, 0.2) is 35.4 Å². The van der Waals surface area contributed by atoms with Crippen LogP contribution >= 0.6 is 0 Å². The number of anilines is 1. The third-order valence-corrected chi connectivity index (χ3v) is 5.04. The fraction of sp³-hybridized carbons (Fsp3) is 0.500. The smallest absolute Gasteiger partial charge is 0.351 e. The lowest BCUT2D eigenvalue weighted by Crippen LogP contribution is -2.64. The van der Waals surface area contributed by atoms with Gasteiger partial charge < -0.3 is 14.2 Å². The van der Waals surface area contributed by atoms with E-state index in [1.165, 1.54) is 34.8 Å². The number of halogens is 2. The third-order valence-electron chi connectivity index (χ3n) is 5.04. The van der Waals surface area contributed by atoms with Gasteiger partial charge in [-0.25, -0.2) is 9.48 Å². The summed E-state index contributed by atoms with van der Waals surface area (Å²) in [6.07, 6.45) is 0.669. The molecule has 13 heteroatoms. The van der Waals surface area contributed by atoms with Gasteiger partial charge in [0.05, 0.1) is 18.8 Å². The Morgan fingerprint density at radius 3 is 2.49 bits per heavy atom. The maximum atomic E-state index is 13.5. The summed E-state index contributed by atoms with van der Waals surface area (Å²) >= 11 is 0. The number of amides is 1. The number of hydrogen-bond acceptors (Lipinski definition) is 8. The second-order valence-electron chi connectivity index (χ2n) is 8.96. The van der Waals surface area contributed by atoms with Gasteiger partial charge in [-0.1, -0.05) is 0 Å². The standard InChI is InChI=1S/C22H26F2N4O7/c1-13(29)34-17(18(31)35-21(2,3)4)22(5)19(32)26(10-11-33-22)15-8-9-28(25-15)14-6-7-16(30)27(12-14)20(23)24/h6-9,12,17,20H,10-11H2,1-5H3/t17-,22+/m0/s1. The van der Waals surface area contributed by atoms with Gasteiger partial charge >= 0.3 is 18.5 Å². The van der Waals surface area contributed by atoms with E-state index in [-0.39, 0.29) is 29.2 Å². The zero-order valence-electron chi connectivity index (χ0n) is 19.9. The predicted octanol–water partition coefficient (Wildman–Crippen LogP) is 1.82. The van der Waals surface area contributed by atoms with Crippen LogP contribution in [0.1, 0.15) is 41.2 Å². The number of carbonyl (C=O) groups excluding carboxylic acids is 3. The zero-order chi connectivity index (χ0) is 26.1. The first-order valence-electron chi connectivity index (χ1n) is 10.7. The van der Waals surface area contributed by atoms with Gasteiger partial charge in [0.25, 0.3) is 11.5 Å². The average molecular weight is 496 g/mol. The molecule has 2 aromatic rings. The van der Waals surface area contributed by atoms with Gasteiger partial charge in [-0.2, -0.15) is 8.78 Å². The van der Waals surface area contributed by atoms with Crippen molar-refractivity contribution >= 4 is 23.7 Å². The van der Waals surface area contributed by atoms with Crippen molar-refractivity contribution in [3.8, 4) is 5.69 Å². The first-order chi connectivity index (χ1) is 16.2. The number of pyridine rings is 1. The van der Waals surface area contributed by atoms with Crippen LogP contribution in [0.2, 0.25) is 0 Å². The Kier molecular flexibility index (Phi) is 7.11. The maximum absolute atomic E-state index is 13.5. The van der Waals surface area contributed by atoms with Crippen molar-refractivity contribution in [2.24, 2.45) is 0 Å². The van der Waals surface area contributed by atoms with Crippen LogP contribution in [0.4, 0.5) is 14.6 Å². The molecule has 0 aromatic carbocycles. The molecule has 1 aliphatic heterocycles. The maximum Gasteiger partial charge on any atom is 0.351 e. The summed E-state index contributed by atoms with van der Waals surface area (Å²) in [7, 11) is 0.